The fourth-order valence-corrected chi connectivity index (χ4v) is 3.27. The molecule has 0 bridgehead atoms. The topological polar surface area (TPSA) is 57.8 Å². The number of rotatable bonds is 6. The summed E-state index contributed by atoms with van der Waals surface area (Å²) in [5, 5.41) is 9.77. The average molecular weight is 441 g/mol. The molecule has 8 heteroatoms. The summed E-state index contributed by atoms with van der Waals surface area (Å²) in [4.78, 5) is 18.6. The number of pyridine rings is 1. The Hall–Kier alpha value is -1.80. The highest BCUT2D eigenvalue weighted by molar-refractivity contribution is 9.10. The minimum absolute atomic E-state index is 0.0855. The summed E-state index contributed by atoms with van der Waals surface area (Å²) in [5.41, 5.74) is 1.28. The second-order valence-corrected chi connectivity index (χ2v) is 7.18. The number of nitrogens with zero attached hydrogens (tertiary/aromatic N) is 3. The van der Waals surface area contributed by atoms with E-state index in [1.165, 1.54) is 22.7 Å². The Balaban J connectivity index is 1.88. The van der Waals surface area contributed by atoms with E-state index in [-0.39, 0.29) is 24.5 Å². The van der Waals surface area contributed by atoms with Crippen molar-refractivity contribution in [1.29, 1.82) is 0 Å². The van der Waals surface area contributed by atoms with Crippen LogP contribution < -0.4 is 5.56 Å². The molecule has 3 rings (SSSR count). The third kappa shape index (κ3) is 4.48. The van der Waals surface area contributed by atoms with Crippen molar-refractivity contribution in [1.82, 2.24) is 14.3 Å². The molecule has 1 aromatic carbocycles. The Morgan fingerprint density at radius 1 is 1.23 bits per heavy atom. The molecule has 0 saturated carbocycles. The molecule has 2 heterocycles. The van der Waals surface area contributed by atoms with E-state index in [0.29, 0.717) is 35.0 Å². The van der Waals surface area contributed by atoms with Crippen LogP contribution in [0.25, 0.3) is 5.65 Å². The monoisotopic (exact) mass is 439 g/mol. The highest BCUT2D eigenvalue weighted by atomic mass is 79.9. The molecule has 0 radical (unpaired) electrons. The molecule has 0 atom stereocenters. The first kappa shape index (κ1) is 19.0. The van der Waals surface area contributed by atoms with Gasteiger partial charge in [-0.1, -0.05) is 27.5 Å². The quantitative estimate of drug-likeness (QED) is 0.639. The summed E-state index contributed by atoms with van der Waals surface area (Å²) in [5.74, 6) is -0.322. The van der Waals surface area contributed by atoms with Gasteiger partial charge in [-0.2, -0.15) is 0 Å². The minimum Gasteiger partial charge on any atom is -0.395 e. The van der Waals surface area contributed by atoms with Gasteiger partial charge in [0.1, 0.15) is 11.5 Å². The molecular formula is C18H16BrClFN3O2. The van der Waals surface area contributed by atoms with Crippen LogP contribution in [0.5, 0.6) is 0 Å². The van der Waals surface area contributed by atoms with Crippen molar-refractivity contribution in [3.05, 3.63) is 79.5 Å². The molecule has 0 aliphatic carbocycles. The van der Waals surface area contributed by atoms with E-state index in [2.05, 4.69) is 20.9 Å². The lowest BCUT2D eigenvalue weighted by atomic mass is 10.2. The number of halogens is 3. The van der Waals surface area contributed by atoms with E-state index in [0.717, 1.165) is 4.47 Å². The summed E-state index contributed by atoms with van der Waals surface area (Å²) in [6.07, 6.45) is 1.51. The molecule has 0 saturated heterocycles. The minimum atomic E-state index is -0.322. The van der Waals surface area contributed by atoms with Crippen molar-refractivity contribution in [3.8, 4) is 0 Å². The fourth-order valence-electron chi connectivity index (χ4n) is 2.70. The predicted molar refractivity (Wildman–Crippen MR) is 102 cm³/mol. The molecular weight excluding hydrogens is 425 g/mol. The van der Waals surface area contributed by atoms with Crippen LogP contribution in [0, 0.1) is 5.82 Å². The van der Waals surface area contributed by atoms with Gasteiger partial charge in [0.2, 0.25) is 0 Å². The van der Waals surface area contributed by atoms with Gasteiger partial charge in [0, 0.05) is 41.9 Å². The highest BCUT2D eigenvalue weighted by Crippen LogP contribution is 2.18. The third-order valence-corrected chi connectivity index (χ3v) is 4.60. The average Bonchev–Trinajstić information content (AvgIpc) is 2.59. The van der Waals surface area contributed by atoms with Crippen molar-refractivity contribution >= 4 is 33.2 Å². The van der Waals surface area contributed by atoms with E-state index < -0.39 is 0 Å². The zero-order valence-electron chi connectivity index (χ0n) is 13.7. The lowest BCUT2D eigenvalue weighted by molar-refractivity contribution is 0.181. The van der Waals surface area contributed by atoms with Crippen LogP contribution in [0.3, 0.4) is 0 Å². The van der Waals surface area contributed by atoms with Crippen LogP contribution in [0.4, 0.5) is 4.39 Å². The van der Waals surface area contributed by atoms with E-state index in [4.69, 9.17) is 11.6 Å². The van der Waals surface area contributed by atoms with Crippen LogP contribution in [0.15, 0.2) is 51.9 Å². The molecule has 1 N–H and O–H groups in total. The summed E-state index contributed by atoms with van der Waals surface area (Å²) in [6, 6.07) is 9.47. The number of aliphatic hydroxyl groups excluding tert-OH is 1. The number of hydrogen-bond acceptors (Lipinski definition) is 4. The lowest BCUT2D eigenvalue weighted by Gasteiger charge is -2.21. The van der Waals surface area contributed by atoms with Crippen molar-refractivity contribution < 1.29 is 9.50 Å². The molecule has 0 amide bonds. The molecule has 3 aromatic rings. The summed E-state index contributed by atoms with van der Waals surface area (Å²) < 4.78 is 16.2. The summed E-state index contributed by atoms with van der Waals surface area (Å²) in [6.45, 7) is 0.833. The van der Waals surface area contributed by atoms with E-state index >= 15 is 0 Å². The number of benzene rings is 1. The van der Waals surface area contributed by atoms with Crippen molar-refractivity contribution in [2.75, 3.05) is 13.2 Å². The summed E-state index contributed by atoms with van der Waals surface area (Å²) in [7, 11) is 0. The van der Waals surface area contributed by atoms with Gasteiger partial charge < -0.3 is 5.11 Å². The van der Waals surface area contributed by atoms with Crippen molar-refractivity contribution in [2.45, 2.75) is 13.1 Å². The Morgan fingerprint density at radius 2 is 2.04 bits per heavy atom. The van der Waals surface area contributed by atoms with E-state index in [1.807, 2.05) is 4.90 Å². The highest BCUT2D eigenvalue weighted by Gasteiger charge is 2.13. The van der Waals surface area contributed by atoms with Crippen LogP contribution in [-0.4, -0.2) is 32.5 Å². The van der Waals surface area contributed by atoms with E-state index in [1.54, 1.807) is 24.3 Å². The Bertz CT molecular complexity index is 996. The molecule has 0 fully saturated rings. The van der Waals surface area contributed by atoms with Crippen molar-refractivity contribution in [2.24, 2.45) is 0 Å². The van der Waals surface area contributed by atoms with Crippen LogP contribution >= 0.6 is 27.5 Å². The van der Waals surface area contributed by atoms with Gasteiger partial charge in [-0.25, -0.2) is 9.37 Å². The molecule has 5 nitrogen and oxygen atoms in total. The van der Waals surface area contributed by atoms with Crippen LogP contribution in [0.2, 0.25) is 5.02 Å². The first-order valence-corrected chi connectivity index (χ1v) is 9.08. The zero-order valence-corrected chi connectivity index (χ0v) is 16.0. The third-order valence-electron chi connectivity index (χ3n) is 3.88. The van der Waals surface area contributed by atoms with Gasteiger partial charge in [-0.3, -0.25) is 14.1 Å². The second kappa shape index (κ2) is 8.26. The van der Waals surface area contributed by atoms with Crippen molar-refractivity contribution in [3.63, 3.8) is 0 Å². The van der Waals surface area contributed by atoms with Gasteiger partial charge in [0.15, 0.2) is 0 Å². The standard InChI is InChI=1S/C18H16BrClFN3O2/c19-13-1-3-16(21)12(7-13)9-23(5-6-25)11-15-8-18(26)24-10-14(20)2-4-17(24)22-15/h1-4,7-8,10,25H,5-6,9,11H2. The van der Waals surface area contributed by atoms with Gasteiger partial charge in [0.05, 0.1) is 17.3 Å². The van der Waals surface area contributed by atoms with Gasteiger partial charge in [0.25, 0.3) is 5.56 Å². The molecule has 0 aliphatic rings. The van der Waals surface area contributed by atoms with Crippen LogP contribution in [-0.2, 0) is 13.1 Å². The Kier molecular flexibility index (Phi) is 6.03. The first-order valence-electron chi connectivity index (χ1n) is 7.91. The zero-order chi connectivity index (χ0) is 18.7. The maximum absolute atomic E-state index is 14.0. The van der Waals surface area contributed by atoms with E-state index in [9.17, 15) is 14.3 Å². The molecule has 0 aliphatic heterocycles. The van der Waals surface area contributed by atoms with Gasteiger partial charge >= 0.3 is 0 Å². The van der Waals surface area contributed by atoms with Crippen LogP contribution in [0.1, 0.15) is 11.3 Å². The summed E-state index contributed by atoms with van der Waals surface area (Å²) >= 11 is 9.24. The molecule has 136 valence electrons. The molecule has 0 spiro atoms. The second-order valence-electron chi connectivity index (χ2n) is 5.83. The largest absolute Gasteiger partial charge is 0.395 e. The number of aliphatic hydroxyl groups is 1. The fraction of sp³-hybridized carbons (Fsp3) is 0.222. The number of fused-ring (bicyclic) bond motifs is 1. The lowest BCUT2D eigenvalue weighted by Crippen LogP contribution is -2.28. The number of hydrogen-bond donors (Lipinski definition) is 1. The smallest absolute Gasteiger partial charge is 0.258 e. The predicted octanol–water partition coefficient (Wildman–Crippen LogP) is 3.24. The Labute approximate surface area is 162 Å². The van der Waals surface area contributed by atoms with Gasteiger partial charge in [-0.15, -0.1) is 0 Å². The molecule has 26 heavy (non-hydrogen) atoms. The normalized spacial score (nSPS) is 11.4. The maximum Gasteiger partial charge on any atom is 0.258 e. The first-order chi connectivity index (χ1) is 12.5. The SMILES string of the molecule is O=c1cc(CN(CCO)Cc2cc(Br)ccc2F)nc2ccc(Cl)cn12. The number of aromatic nitrogens is 2. The Morgan fingerprint density at radius 3 is 2.81 bits per heavy atom. The molecule has 0 unspecified atom stereocenters. The molecule has 2 aromatic heterocycles. The maximum atomic E-state index is 14.0. The van der Waals surface area contributed by atoms with Gasteiger partial charge in [-0.05, 0) is 30.3 Å².